The van der Waals surface area contributed by atoms with Crippen LogP contribution in [0.4, 0.5) is 10.1 Å². The highest BCUT2D eigenvalue weighted by Crippen LogP contribution is 2.05. The van der Waals surface area contributed by atoms with Crippen LogP contribution in [0.2, 0.25) is 0 Å². The van der Waals surface area contributed by atoms with Gasteiger partial charge in [-0.25, -0.2) is 4.98 Å². The summed E-state index contributed by atoms with van der Waals surface area (Å²) in [6.07, 6.45) is 4.95. The van der Waals surface area contributed by atoms with Gasteiger partial charge in [0.15, 0.2) is 0 Å². The van der Waals surface area contributed by atoms with E-state index < -0.39 is 5.95 Å². The molecule has 3 heteroatoms. The minimum atomic E-state index is -0.713. The molecule has 0 aromatic carbocycles. The molecule has 0 fully saturated rings. The zero-order chi connectivity index (χ0) is 7.56. The van der Waals surface area contributed by atoms with Crippen molar-refractivity contribution in [2.45, 2.75) is 0 Å². The molecule has 0 atom stereocenters. The van der Waals surface area contributed by atoms with Crippen LogP contribution in [-0.4, -0.2) is 4.98 Å². The van der Waals surface area contributed by atoms with E-state index >= 15 is 0 Å². The molecular formula is C7H5FN2. The molecule has 0 bridgehead atoms. The Morgan fingerprint density at radius 2 is 2.30 bits per heavy atom. The van der Waals surface area contributed by atoms with E-state index in [4.69, 9.17) is 12.2 Å². The second-order valence-corrected chi connectivity index (χ2v) is 1.72. The summed E-state index contributed by atoms with van der Waals surface area (Å²) in [7, 11) is 0. The molecule has 1 rings (SSSR count). The minimum absolute atomic E-state index is 0.0130. The molecule has 0 aliphatic heterocycles. The maximum absolute atomic E-state index is 12.4. The van der Waals surface area contributed by atoms with Gasteiger partial charge in [-0.1, -0.05) is 5.92 Å². The fourth-order valence-electron chi connectivity index (χ4n) is 0.525. The molecule has 0 spiro atoms. The van der Waals surface area contributed by atoms with Gasteiger partial charge >= 0.3 is 0 Å². The van der Waals surface area contributed by atoms with Crippen LogP contribution in [0.3, 0.4) is 0 Å². The van der Waals surface area contributed by atoms with Crippen molar-refractivity contribution in [3.8, 4) is 12.3 Å². The topological polar surface area (TPSA) is 38.9 Å². The monoisotopic (exact) mass is 136 g/mol. The number of pyridine rings is 1. The Kier molecular flexibility index (Phi) is 1.55. The molecule has 0 amide bonds. The van der Waals surface area contributed by atoms with Gasteiger partial charge in [0.25, 0.3) is 0 Å². The van der Waals surface area contributed by atoms with Crippen molar-refractivity contribution in [2.24, 2.45) is 0 Å². The maximum Gasteiger partial charge on any atom is 0.237 e. The van der Waals surface area contributed by atoms with Gasteiger partial charge in [0.1, 0.15) is 5.69 Å². The smallest absolute Gasteiger partial charge is 0.237 e. The van der Waals surface area contributed by atoms with Crippen LogP contribution < -0.4 is 5.73 Å². The van der Waals surface area contributed by atoms with Crippen molar-refractivity contribution in [2.75, 3.05) is 5.73 Å². The van der Waals surface area contributed by atoms with Crippen molar-refractivity contribution in [3.05, 3.63) is 23.8 Å². The van der Waals surface area contributed by atoms with Crippen LogP contribution in [0.1, 0.15) is 5.69 Å². The highest BCUT2D eigenvalue weighted by molar-refractivity contribution is 5.39. The molecule has 0 aliphatic rings. The third kappa shape index (κ3) is 1.06. The Hall–Kier alpha value is -1.56. The third-order valence-electron chi connectivity index (χ3n) is 1.03. The van der Waals surface area contributed by atoms with E-state index in [1.807, 2.05) is 0 Å². The van der Waals surface area contributed by atoms with Crippen LogP contribution >= 0.6 is 0 Å². The Morgan fingerprint density at radius 1 is 1.60 bits per heavy atom. The summed E-state index contributed by atoms with van der Waals surface area (Å²) in [4.78, 5) is 3.36. The molecule has 1 aromatic rings. The Bertz CT molecular complexity index is 288. The first-order valence-corrected chi connectivity index (χ1v) is 2.62. The van der Waals surface area contributed by atoms with E-state index in [0.29, 0.717) is 0 Å². The van der Waals surface area contributed by atoms with Crippen molar-refractivity contribution in [1.82, 2.24) is 4.98 Å². The molecule has 0 saturated heterocycles. The Balaban J connectivity index is 3.20. The molecule has 0 saturated carbocycles. The molecule has 1 heterocycles. The van der Waals surface area contributed by atoms with Gasteiger partial charge in [-0.2, -0.15) is 4.39 Å². The predicted molar refractivity (Wildman–Crippen MR) is 36.5 cm³/mol. The van der Waals surface area contributed by atoms with Crippen LogP contribution in [0.15, 0.2) is 12.1 Å². The number of anilines is 1. The van der Waals surface area contributed by atoms with Gasteiger partial charge in [-0.3, -0.25) is 0 Å². The molecular weight excluding hydrogens is 131 g/mol. The zero-order valence-corrected chi connectivity index (χ0v) is 5.13. The largest absolute Gasteiger partial charge is 0.395 e. The lowest BCUT2D eigenvalue weighted by Crippen LogP contribution is -1.94. The second kappa shape index (κ2) is 2.36. The highest BCUT2D eigenvalue weighted by atomic mass is 19.1. The lowest BCUT2D eigenvalue weighted by molar-refractivity contribution is 0.587. The molecule has 2 N–H and O–H groups in total. The lowest BCUT2D eigenvalue weighted by atomic mass is 10.3. The summed E-state index contributed by atoms with van der Waals surface area (Å²) >= 11 is 0. The van der Waals surface area contributed by atoms with Crippen LogP contribution in [-0.2, 0) is 0 Å². The molecule has 10 heavy (non-hydrogen) atoms. The molecule has 0 aliphatic carbocycles. The number of hydrogen-bond donors (Lipinski definition) is 1. The fourth-order valence-corrected chi connectivity index (χ4v) is 0.525. The summed E-state index contributed by atoms with van der Waals surface area (Å²) in [5.41, 5.74) is 5.41. The van der Waals surface area contributed by atoms with Crippen molar-refractivity contribution < 1.29 is 4.39 Å². The third-order valence-corrected chi connectivity index (χ3v) is 1.03. The van der Waals surface area contributed by atoms with Gasteiger partial charge in [0.2, 0.25) is 5.95 Å². The predicted octanol–water partition coefficient (Wildman–Crippen LogP) is 0.784. The van der Waals surface area contributed by atoms with E-state index in [1.54, 1.807) is 0 Å². The van der Waals surface area contributed by atoms with Crippen molar-refractivity contribution in [1.29, 1.82) is 0 Å². The minimum Gasteiger partial charge on any atom is -0.395 e. The van der Waals surface area contributed by atoms with Gasteiger partial charge in [-0.15, -0.1) is 6.42 Å². The molecule has 50 valence electrons. The van der Waals surface area contributed by atoms with E-state index in [1.165, 1.54) is 12.1 Å². The van der Waals surface area contributed by atoms with Crippen molar-refractivity contribution in [3.63, 3.8) is 0 Å². The summed E-state index contributed by atoms with van der Waals surface area (Å²) in [5.74, 6) is 1.48. The number of nitrogen functional groups attached to an aromatic ring is 1. The average Bonchev–Trinajstić information content (AvgIpc) is 1.95. The molecule has 1 aromatic heterocycles. The number of rotatable bonds is 0. The zero-order valence-electron chi connectivity index (χ0n) is 5.13. The average molecular weight is 136 g/mol. The highest BCUT2D eigenvalue weighted by Gasteiger charge is 1.97. The molecule has 0 radical (unpaired) electrons. The summed E-state index contributed by atoms with van der Waals surface area (Å²) in [6, 6.07) is 2.87. The normalized spacial score (nSPS) is 8.80. The number of hydrogen-bond acceptors (Lipinski definition) is 2. The van der Waals surface area contributed by atoms with Crippen LogP contribution in [0.5, 0.6) is 0 Å². The maximum atomic E-state index is 12.4. The van der Waals surface area contributed by atoms with Gasteiger partial charge in [0.05, 0.1) is 5.69 Å². The number of halogens is 1. The molecule has 0 unspecified atom stereocenters. The first-order chi connectivity index (χ1) is 4.74. The second-order valence-electron chi connectivity index (χ2n) is 1.72. The summed E-state index contributed by atoms with van der Waals surface area (Å²) < 4.78 is 12.4. The number of nitrogens with two attached hydrogens (primary N) is 1. The Morgan fingerprint density at radius 3 is 2.80 bits per heavy atom. The first-order valence-electron chi connectivity index (χ1n) is 2.62. The first kappa shape index (κ1) is 6.56. The van der Waals surface area contributed by atoms with Gasteiger partial charge in [-0.05, 0) is 12.1 Å². The molecule has 2 nitrogen and oxygen atoms in total. The quantitative estimate of drug-likeness (QED) is 0.423. The lowest BCUT2D eigenvalue weighted by Gasteiger charge is -1.93. The van der Waals surface area contributed by atoms with Gasteiger partial charge in [0, 0.05) is 0 Å². The van der Waals surface area contributed by atoms with Crippen LogP contribution in [0.25, 0.3) is 0 Å². The van der Waals surface area contributed by atoms with E-state index in [-0.39, 0.29) is 11.4 Å². The number of nitrogens with zero attached hydrogens (tertiary/aromatic N) is 1. The van der Waals surface area contributed by atoms with Gasteiger partial charge < -0.3 is 5.73 Å². The van der Waals surface area contributed by atoms with E-state index in [9.17, 15) is 4.39 Å². The van der Waals surface area contributed by atoms with Crippen LogP contribution in [0, 0.1) is 18.3 Å². The number of terminal acetylenes is 1. The van der Waals surface area contributed by atoms with E-state index in [0.717, 1.165) is 0 Å². The fraction of sp³-hybridized carbons (Fsp3) is 0. The van der Waals surface area contributed by atoms with E-state index in [2.05, 4.69) is 10.9 Å². The number of aromatic nitrogens is 1. The standard InChI is InChI=1S/C7H5FN2/c1-2-5-3-4-6(9)7(8)10-5/h1,3-4H,9H2. The van der Waals surface area contributed by atoms with Crippen molar-refractivity contribution >= 4 is 5.69 Å². The summed E-state index contributed by atoms with van der Waals surface area (Å²) in [6.45, 7) is 0. The summed E-state index contributed by atoms with van der Waals surface area (Å²) in [5, 5.41) is 0. The Labute approximate surface area is 57.9 Å². The SMILES string of the molecule is C#Cc1ccc(N)c(F)n1.